The molecule has 0 spiro atoms. The highest BCUT2D eigenvalue weighted by atomic mass is 32.2. The van der Waals surface area contributed by atoms with Crippen molar-refractivity contribution in [1.82, 2.24) is 4.31 Å². The molecule has 0 aliphatic carbocycles. The van der Waals surface area contributed by atoms with Gasteiger partial charge in [0.05, 0.1) is 5.88 Å². The van der Waals surface area contributed by atoms with Gasteiger partial charge in [-0.25, -0.2) is 0 Å². The van der Waals surface area contributed by atoms with Gasteiger partial charge in [0.15, 0.2) is 0 Å². The maximum absolute atomic E-state index is 2.23. The van der Waals surface area contributed by atoms with Gasteiger partial charge in [0.2, 0.25) is 0 Å². The molecule has 1 aliphatic heterocycles. The van der Waals surface area contributed by atoms with E-state index in [1.54, 1.807) is 11.9 Å². The maximum Gasteiger partial charge on any atom is 0.0788 e. The molecule has 2 nitrogen and oxygen atoms in total. The highest BCUT2D eigenvalue weighted by Crippen LogP contribution is 2.30. The van der Waals surface area contributed by atoms with E-state index in [0.29, 0.717) is 0 Å². The van der Waals surface area contributed by atoms with Crippen LogP contribution in [0.4, 0.5) is 5.69 Å². The number of hydrogen-bond donors (Lipinski definition) is 0. The smallest absolute Gasteiger partial charge is 0.0788 e. The summed E-state index contributed by atoms with van der Waals surface area (Å²) in [6.07, 6.45) is 2.12. The van der Waals surface area contributed by atoms with Crippen LogP contribution in [0.2, 0.25) is 0 Å². The fourth-order valence-electron chi connectivity index (χ4n) is 1.27. The Kier molecular flexibility index (Phi) is 3.49. The van der Waals surface area contributed by atoms with Crippen LogP contribution in [0.15, 0.2) is 40.8 Å². The van der Waals surface area contributed by atoms with E-state index in [1.807, 2.05) is 11.8 Å². The van der Waals surface area contributed by atoms with E-state index in [-0.39, 0.29) is 0 Å². The summed E-state index contributed by atoms with van der Waals surface area (Å²) in [4.78, 5) is 3.40. The number of hydrogen-bond acceptors (Lipinski definition) is 4. The van der Waals surface area contributed by atoms with E-state index < -0.39 is 0 Å². The fraction of sp³-hybridized carbons (Fsp3) is 0.273. The van der Waals surface area contributed by atoms with Crippen LogP contribution in [0.3, 0.4) is 0 Å². The van der Waals surface area contributed by atoms with Crippen molar-refractivity contribution in [3.8, 4) is 0 Å². The Morgan fingerprint density at radius 1 is 1.27 bits per heavy atom. The molecule has 4 heteroatoms. The zero-order valence-electron chi connectivity index (χ0n) is 8.88. The standard InChI is InChI=1S/C11H14N2S2/c1-12(2)10-3-5-11(6-4-10)15-13-7-8-14-9-13/h3-8H,9H2,1-2H3. The second-order valence-electron chi connectivity index (χ2n) is 3.48. The van der Waals surface area contributed by atoms with Crippen LogP contribution in [-0.2, 0) is 0 Å². The van der Waals surface area contributed by atoms with Crippen molar-refractivity contribution in [2.45, 2.75) is 4.90 Å². The van der Waals surface area contributed by atoms with E-state index in [4.69, 9.17) is 0 Å². The van der Waals surface area contributed by atoms with Gasteiger partial charge in [-0.05, 0) is 41.6 Å². The van der Waals surface area contributed by atoms with Crippen molar-refractivity contribution in [1.29, 1.82) is 0 Å². The molecular weight excluding hydrogens is 224 g/mol. The molecule has 0 saturated heterocycles. The van der Waals surface area contributed by atoms with Gasteiger partial charge < -0.3 is 9.21 Å². The molecule has 0 aromatic heterocycles. The molecular formula is C11H14N2S2. The van der Waals surface area contributed by atoms with E-state index >= 15 is 0 Å². The molecule has 0 atom stereocenters. The third-order valence-electron chi connectivity index (χ3n) is 2.10. The third kappa shape index (κ3) is 2.86. The van der Waals surface area contributed by atoms with Crippen molar-refractivity contribution < 1.29 is 0 Å². The second-order valence-corrected chi connectivity index (χ2v) is 5.46. The first kappa shape index (κ1) is 10.8. The highest BCUT2D eigenvalue weighted by molar-refractivity contribution is 8.04. The molecule has 1 aromatic rings. The maximum atomic E-state index is 2.23. The first-order valence-corrected chi connectivity index (χ1v) is 6.58. The van der Waals surface area contributed by atoms with Crippen molar-refractivity contribution in [2.24, 2.45) is 0 Å². The average molecular weight is 238 g/mol. The molecule has 0 saturated carbocycles. The van der Waals surface area contributed by atoms with Crippen LogP contribution in [0.5, 0.6) is 0 Å². The van der Waals surface area contributed by atoms with E-state index in [9.17, 15) is 0 Å². The molecule has 0 fully saturated rings. The Labute approximate surface area is 99.5 Å². The molecule has 80 valence electrons. The van der Waals surface area contributed by atoms with Crippen molar-refractivity contribution in [3.05, 3.63) is 35.9 Å². The highest BCUT2D eigenvalue weighted by Gasteiger charge is 2.06. The Balaban J connectivity index is 2.00. The zero-order chi connectivity index (χ0) is 10.7. The molecule has 2 rings (SSSR count). The van der Waals surface area contributed by atoms with E-state index in [0.717, 1.165) is 5.88 Å². The summed E-state index contributed by atoms with van der Waals surface area (Å²) < 4.78 is 2.23. The van der Waals surface area contributed by atoms with Crippen LogP contribution < -0.4 is 4.90 Å². The number of benzene rings is 1. The Hall–Kier alpha value is -0.740. The van der Waals surface area contributed by atoms with E-state index in [1.165, 1.54) is 10.6 Å². The molecule has 1 aromatic carbocycles. The number of anilines is 1. The SMILES string of the molecule is CN(C)c1ccc(SN2C=CSC2)cc1. The summed E-state index contributed by atoms with van der Waals surface area (Å²) in [5, 5.41) is 2.13. The van der Waals surface area contributed by atoms with Crippen molar-refractivity contribution >= 4 is 29.4 Å². The Morgan fingerprint density at radius 2 is 2.00 bits per heavy atom. The van der Waals surface area contributed by atoms with Gasteiger partial charge in [-0.15, -0.1) is 11.8 Å². The van der Waals surface area contributed by atoms with Gasteiger partial charge in [0, 0.05) is 30.9 Å². The van der Waals surface area contributed by atoms with Crippen LogP contribution in [0.1, 0.15) is 0 Å². The van der Waals surface area contributed by atoms with Gasteiger partial charge in [-0.1, -0.05) is 0 Å². The lowest BCUT2D eigenvalue weighted by Crippen LogP contribution is -2.08. The molecule has 0 unspecified atom stereocenters. The molecule has 1 heterocycles. The van der Waals surface area contributed by atoms with E-state index in [2.05, 4.69) is 59.2 Å². The van der Waals surface area contributed by atoms with Gasteiger partial charge in [-0.2, -0.15) is 0 Å². The average Bonchev–Trinajstić information content (AvgIpc) is 2.71. The van der Waals surface area contributed by atoms with Crippen molar-refractivity contribution in [3.63, 3.8) is 0 Å². The molecule has 0 N–H and O–H groups in total. The second kappa shape index (κ2) is 4.86. The minimum Gasteiger partial charge on any atom is -0.378 e. The summed E-state index contributed by atoms with van der Waals surface area (Å²) in [6, 6.07) is 8.62. The first-order chi connectivity index (χ1) is 7.25. The predicted molar refractivity (Wildman–Crippen MR) is 70.1 cm³/mol. The van der Waals surface area contributed by atoms with Crippen LogP contribution in [0, 0.1) is 0 Å². The van der Waals surface area contributed by atoms with Crippen LogP contribution >= 0.6 is 23.7 Å². The zero-order valence-corrected chi connectivity index (χ0v) is 10.5. The normalized spacial score (nSPS) is 14.7. The topological polar surface area (TPSA) is 6.48 Å². The van der Waals surface area contributed by atoms with Gasteiger partial charge in [0.25, 0.3) is 0 Å². The van der Waals surface area contributed by atoms with Gasteiger partial charge >= 0.3 is 0 Å². The van der Waals surface area contributed by atoms with Crippen molar-refractivity contribution in [2.75, 3.05) is 24.9 Å². The van der Waals surface area contributed by atoms with Crippen LogP contribution in [-0.4, -0.2) is 24.3 Å². The van der Waals surface area contributed by atoms with Crippen LogP contribution in [0.25, 0.3) is 0 Å². The lowest BCUT2D eigenvalue weighted by Gasteiger charge is -2.15. The lowest BCUT2D eigenvalue weighted by atomic mass is 10.3. The summed E-state index contributed by atoms with van der Waals surface area (Å²) in [6.45, 7) is 0. The molecule has 1 aliphatic rings. The Bertz CT molecular complexity index is 346. The first-order valence-electron chi connectivity index (χ1n) is 4.76. The molecule has 0 radical (unpaired) electrons. The summed E-state index contributed by atoms with van der Waals surface area (Å²) in [7, 11) is 4.12. The number of thioether (sulfide) groups is 1. The predicted octanol–water partition coefficient (Wildman–Crippen LogP) is 3.24. The summed E-state index contributed by atoms with van der Waals surface area (Å²) in [5.74, 6) is 1.04. The molecule has 0 amide bonds. The van der Waals surface area contributed by atoms with Gasteiger partial charge in [0.1, 0.15) is 0 Å². The monoisotopic (exact) mass is 238 g/mol. The quantitative estimate of drug-likeness (QED) is 0.745. The lowest BCUT2D eigenvalue weighted by molar-refractivity contribution is 0.758. The molecule has 15 heavy (non-hydrogen) atoms. The molecule has 0 bridgehead atoms. The number of nitrogens with zero attached hydrogens (tertiary/aromatic N) is 2. The fourth-order valence-corrected chi connectivity index (χ4v) is 2.94. The minimum atomic E-state index is 1.04. The largest absolute Gasteiger partial charge is 0.378 e. The van der Waals surface area contributed by atoms with Gasteiger partial charge in [-0.3, -0.25) is 0 Å². The summed E-state index contributed by atoms with van der Waals surface area (Å²) in [5.41, 5.74) is 1.24. The third-order valence-corrected chi connectivity index (χ3v) is 3.97. The summed E-state index contributed by atoms with van der Waals surface area (Å²) >= 11 is 3.60. The minimum absolute atomic E-state index is 1.04. The number of rotatable bonds is 3. The Morgan fingerprint density at radius 3 is 2.53 bits per heavy atom.